The highest BCUT2D eigenvalue weighted by molar-refractivity contribution is 9.10. The van der Waals surface area contributed by atoms with E-state index in [1.54, 1.807) is 14.2 Å². The molecule has 0 saturated carbocycles. The molecule has 0 aromatic heterocycles. The van der Waals surface area contributed by atoms with E-state index in [0.29, 0.717) is 6.04 Å². The number of hydrogen-bond acceptors (Lipinski definition) is 3. The van der Waals surface area contributed by atoms with Gasteiger partial charge in [0.1, 0.15) is 5.75 Å². The van der Waals surface area contributed by atoms with Crippen molar-refractivity contribution in [2.45, 2.75) is 51.7 Å². The highest BCUT2D eigenvalue weighted by Crippen LogP contribution is 2.31. The Bertz CT molecular complexity index is 435. The fourth-order valence-corrected chi connectivity index (χ4v) is 2.76. The summed E-state index contributed by atoms with van der Waals surface area (Å²) in [6.45, 7) is 7.47. The van der Waals surface area contributed by atoms with E-state index in [0.717, 1.165) is 36.0 Å². The summed E-state index contributed by atoms with van der Waals surface area (Å²) in [5.41, 5.74) is 1.19. The summed E-state index contributed by atoms with van der Waals surface area (Å²) in [5, 5.41) is 3.63. The summed E-state index contributed by atoms with van der Waals surface area (Å²) >= 11 is 3.57. The van der Waals surface area contributed by atoms with Gasteiger partial charge in [-0.1, -0.05) is 13.0 Å². The summed E-state index contributed by atoms with van der Waals surface area (Å²) in [7, 11) is 3.46. The third-order valence-electron chi connectivity index (χ3n) is 3.81. The Hall–Kier alpha value is -0.580. The first-order valence-corrected chi connectivity index (χ1v) is 8.34. The lowest BCUT2D eigenvalue weighted by atomic mass is 9.94. The zero-order valence-corrected chi connectivity index (χ0v) is 15.4. The van der Waals surface area contributed by atoms with E-state index in [1.165, 1.54) is 5.56 Å². The van der Waals surface area contributed by atoms with E-state index >= 15 is 0 Å². The van der Waals surface area contributed by atoms with Crippen LogP contribution in [0.15, 0.2) is 22.7 Å². The smallest absolute Gasteiger partial charge is 0.133 e. The van der Waals surface area contributed by atoms with Crippen LogP contribution in [0.3, 0.4) is 0 Å². The van der Waals surface area contributed by atoms with Gasteiger partial charge in [0.2, 0.25) is 0 Å². The largest absolute Gasteiger partial charge is 0.496 e. The van der Waals surface area contributed by atoms with Crippen molar-refractivity contribution in [3.63, 3.8) is 0 Å². The molecule has 0 spiro atoms. The molecule has 0 bridgehead atoms. The van der Waals surface area contributed by atoms with Crippen molar-refractivity contribution in [1.29, 1.82) is 0 Å². The van der Waals surface area contributed by atoms with Crippen LogP contribution in [0.5, 0.6) is 5.75 Å². The molecule has 0 fully saturated rings. The van der Waals surface area contributed by atoms with E-state index in [2.05, 4.69) is 54.2 Å². The maximum Gasteiger partial charge on any atom is 0.133 e. The highest BCUT2D eigenvalue weighted by Gasteiger charge is 2.20. The normalized spacial score (nSPS) is 13.2. The van der Waals surface area contributed by atoms with Crippen molar-refractivity contribution >= 4 is 15.9 Å². The molecule has 1 rings (SSSR count). The lowest BCUT2D eigenvalue weighted by Crippen LogP contribution is -2.27. The number of methoxy groups -OCH3 is 2. The number of benzene rings is 1. The van der Waals surface area contributed by atoms with Crippen LogP contribution in [-0.4, -0.2) is 26.4 Å². The molecule has 0 saturated heterocycles. The molecular formula is C17H28BrNO2. The molecular weight excluding hydrogens is 330 g/mol. The second-order valence-corrected chi connectivity index (χ2v) is 6.76. The number of ether oxygens (including phenoxy) is 2. The van der Waals surface area contributed by atoms with Crippen molar-refractivity contribution in [1.82, 2.24) is 5.32 Å². The third-order valence-corrected chi connectivity index (χ3v) is 4.43. The molecule has 0 aliphatic heterocycles. The fraction of sp³-hybridized carbons (Fsp3) is 0.647. The van der Waals surface area contributed by atoms with Gasteiger partial charge in [0.25, 0.3) is 0 Å². The molecule has 0 radical (unpaired) electrons. The minimum Gasteiger partial charge on any atom is -0.496 e. The summed E-state index contributed by atoms with van der Waals surface area (Å²) in [6, 6.07) is 6.63. The van der Waals surface area contributed by atoms with Gasteiger partial charge in [-0.25, -0.2) is 0 Å². The van der Waals surface area contributed by atoms with Gasteiger partial charge in [0.15, 0.2) is 0 Å². The number of halogens is 1. The van der Waals surface area contributed by atoms with Crippen molar-refractivity contribution < 1.29 is 9.47 Å². The third kappa shape index (κ3) is 5.97. The molecule has 1 aromatic rings. The second kappa shape index (κ2) is 8.76. The molecule has 21 heavy (non-hydrogen) atoms. The molecule has 4 heteroatoms. The molecule has 0 aliphatic rings. The predicted molar refractivity (Wildman–Crippen MR) is 92.1 cm³/mol. The van der Waals surface area contributed by atoms with Crippen LogP contribution in [-0.2, 0) is 4.74 Å². The van der Waals surface area contributed by atoms with E-state index in [-0.39, 0.29) is 5.60 Å². The van der Waals surface area contributed by atoms with Crippen LogP contribution < -0.4 is 10.1 Å². The van der Waals surface area contributed by atoms with Crippen molar-refractivity contribution in [2.75, 3.05) is 20.8 Å². The second-order valence-electron chi connectivity index (χ2n) is 5.90. The maximum atomic E-state index is 5.53. The average molecular weight is 358 g/mol. The Labute approximate surface area is 137 Å². The Kier molecular flexibility index (Phi) is 7.71. The minimum absolute atomic E-state index is 0.0875. The molecule has 0 aliphatic carbocycles. The lowest BCUT2D eigenvalue weighted by molar-refractivity contribution is 0.0117. The first-order chi connectivity index (χ1) is 9.93. The van der Waals surface area contributed by atoms with Gasteiger partial charge < -0.3 is 14.8 Å². The predicted octanol–water partition coefficient (Wildman–Crippen LogP) is 4.70. The number of nitrogens with one attached hydrogen (secondary N) is 1. The lowest BCUT2D eigenvalue weighted by Gasteiger charge is -2.27. The molecule has 120 valence electrons. The van der Waals surface area contributed by atoms with Gasteiger partial charge in [-0.15, -0.1) is 0 Å². The molecule has 1 unspecified atom stereocenters. The summed E-state index contributed by atoms with van der Waals surface area (Å²) in [6.07, 6.45) is 3.18. The van der Waals surface area contributed by atoms with E-state index in [1.807, 2.05) is 6.07 Å². The van der Waals surface area contributed by atoms with Gasteiger partial charge in [0.05, 0.1) is 17.2 Å². The topological polar surface area (TPSA) is 30.5 Å². The summed E-state index contributed by atoms with van der Waals surface area (Å²) < 4.78 is 11.8. The van der Waals surface area contributed by atoms with Gasteiger partial charge in [-0.05, 0) is 73.3 Å². The van der Waals surface area contributed by atoms with E-state index in [4.69, 9.17) is 9.47 Å². The fourth-order valence-electron chi connectivity index (χ4n) is 2.20. The van der Waals surface area contributed by atoms with Crippen LogP contribution in [0.2, 0.25) is 0 Å². The quantitative estimate of drug-likeness (QED) is 0.694. The first-order valence-electron chi connectivity index (χ1n) is 7.55. The van der Waals surface area contributed by atoms with Crippen LogP contribution in [0.25, 0.3) is 0 Å². The van der Waals surface area contributed by atoms with E-state index < -0.39 is 0 Å². The Morgan fingerprint density at radius 3 is 2.52 bits per heavy atom. The standard InChI is InChI=1S/C17H28BrNO2/c1-6-11-19-15(9-10-17(2,3)21-5)13-7-8-16(20-4)14(18)12-13/h7-8,12,15,19H,6,9-11H2,1-5H3. The Morgan fingerprint density at radius 2 is 2.00 bits per heavy atom. The van der Waals surface area contributed by atoms with Crippen LogP contribution >= 0.6 is 15.9 Å². The molecule has 3 nitrogen and oxygen atoms in total. The van der Waals surface area contributed by atoms with Crippen molar-refractivity contribution in [3.8, 4) is 5.75 Å². The SMILES string of the molecule is CCCNC(CCC(C)(C)OC)c1ccc(OC)c(Br)c1. The monoisotopic (exact) mass is 357 g/mol. The highest BCUT2D eigenvalue weighted by atomic mass is 79.9. The molecule has 0 heterocycles. The van der Waals surface area contributed by atoms with Crippen LogP contribution in [0.4, 0.5) is 0 Å². The zero-order chi connectivity index (χ0) is 15.9. The Balaban J connectivity index is 2.83. The van der Waals surface area contributed by atoms with Gasteiger partial charge >= 0.3 is 0 Å². The molecule has 1 N–H and O–H groups in total. The maximum absolute atomic E-state index is 5.53. The minimum atomic E-state index is -0.0875. The van der Waals surface area contributed by atoms with Gasteiger partial charge in [0, 0.05) is 13.2 Å². The molecule has 1 atom stereocenters. The first kappa shape index (κ1) is 18.5. The number of hydrogen-bond donors (Lipinski definition) is 1. The number of rotatable bonds is 9. The van der Waals surface area contributed by atoms with E-state index in [9.17, 15) is 0 Å². The van der Waals surface area contributed by atoms with Crippen molar-refractivity contribution in [2.24, 2.45) is 0 Å². The zero-order valence-electron chi connectivity index (χ0n) is 13.8. The van der Waals surface area contributed by atoms with Crippen molar-refractivity contribution in [3.05, 3.63) is 28.2 Å². The molecule has 1 aromatic carbocycles. The van der Waals surface area contributed by atoms with Crippen LogP contribution in [0, 0.1) is 0 Å². The Morgan fingerprint density at radius 1 is 1.29 bits per heavy atom. The van der Waals surface area contributed by atoms with Crippen LogP contribution in [0.1, 0.15) is 51.6 Å². The average Bonchev–Trinajstić information content (AvgIpc) is 2.47. The summed E-state index contributed by atoms with van der Waals surface area (Å²) in [5.74, 6) is 0.866. The van der Waals surface area contributed by atoms with Gasteiger partial charge in [-0.2, -0.15) is 0 Å². The summed E-state index contributed by atoms with van der Waals surface area (Å²) in [4.78, 5) is 0. The van der Waals surface area contributed by atoms with Gasteiger partial charge in [-0.3, -0.25) is 0 Å². The molecule has 0 amide bonds.